The SMILES string of the molecule is CN(C)C(CNC(=O)CC(c1ccccc1)C1(C(F)(F)F)CC1)Cc1ccc(C(N)=O)cc1. The second kappa shape index (κ2) is 9.95. The van der Waals surface area contributed by atoms with E-state index >= 15 is 0 Å². The van der Waals surface area contributed by atoms with Crippen LogP contribution in [0.2, 0.25) is 0 Å². The van der Waals surface area contributed by atoms with Crippen molar-refractivity contribution in [1.29, 1.82) is 0 Å². The molecule has 2 aromatic rings. The molecule has 0 bridgehead atoms. The fourth-order valence-corrected chi connectivity index (χ4v) is 4.29. The number of halogens is 3. The van der Waals surface area contributed by atoms with Gasteiger partial charge in [-0.2, -0.15) is 13.2 Å². The van der Waals surface area contributed by atoms with Crippen molar-refractivity contribution in [2.75, 3.05) is 20.6 Å². The van der Waals surface area contributed by atoms with E-state index in [4.69, 9.17) is 5.73 Å². The van der Waals surface area contributed by atoms with Crippen LogP contribution in [0.25, 0.3) is 0 Å². The van der Waals surface area contributed by atoms with Crippen molar-refractivity contribution in [2.45, 2.75) is 43.8 Å². The highest BCUT2D eigenvalue weighted by Gasteiger charge is 2.67. The van der Waals surface area contributed by atoms with Crippen molar-refractivity contribution in [3.05, 3.63) is 71.3 Å². The highest BCUT2D eigenvalue weighted by molar-refractivity contribution is 5.92. The minimum atomic E-state index is -4.35. The van der Waals surface area contributed by atoms with Gasteiger partial charge in [-0.25, -0.2) is 0 Å². The first-order valence-electron chi connectivity index (χ1n) is 11.0. The molecule has 178 valence electrons. The molecular formula is C25H30F3N3O2. The van der Waals surface area contributed by atoms with Gasteiger partial charge in [0.15, 0.2) is 0 Å². The molecule has 1 aliphatic rings. The zero-order chi connectivity index (χ0) is 24.2. The van der Waals surface area contributed by atoms with Crippen LogP contribution in [-0.2, 0) is 11.2 Å². The summed E-state index contributed by atoms with van der Waals surface area (Å²) in [5, 5.41) is 2.84. The number of nitrogens with two attached hydrogens (primary N) is 1. The first-order chi connectivity index (χ1) is 15.5. The van der Waals surface area contributed by atoms with Crippen LogP contribution < -0.4 is 11.1 Å². The number of nitrogens with one attached hydrogen (secondary N) is 1. The molecule has 0 heterocycles. The molecule has 0 aliphatic heterocycles. The Morgan fingerprint density at radius 3 is 2.15 bits per heavy atom. The fraction of sp³-hybridized carbons (Fsp3) is 0.440. The zero-order valence-corrected chi connectivity index (χ0v) is 18.9. The molecule has 2 aromatic carbocycles. The van der Waals surface area contributed by atoms with Crippen LogP contribution in [0.5, 0.6) is 0 Å². The predicted octanol–water partition coefficient (Wildman–Crippen LogP) is 3.89. The molecule has 2 amide bonds. The quantitative estimate of drug-likeness (QED) is 0.564. The van der Waals surface area contributed by atoms with Gasteiger partial charge in [-0.05, 0) is 56.6 Å². The Morgan fingerprint density at radius 2 is 1.67 bits per heavy atom. The molecule has 0 saturated heterocycles. The van der Waals surface area contributed by atoms with Crippen LogP contribution in [-0.4, -0.2) is 49.6 Å². The van der Waals surface area contributed by atoms with Crippen molar-refractivity contribution in [1.82, 2.24) is 10.2 Å². The summed E-state index contributed by atoms with van der Waals surface area (Å²) in [4.78, 5) is 26.0. The molecule has 1 aliphatic carbocycles. The normalized spacial score (nSPS) is 16.8. The van der Waals surface area contributed by atoms with Gasteiger partial charge in [0.05, 0.1) is 5.41 Å². The molecule has 5 nitrogen and oxygen atoms in total. The number of likely N-dealkylation sites (N-methyl/N-ethyl adjacent to an activating group) is 1. The van der Waals surface area contributed by atoms with Gasteiger partial charge in [0.1, 0.15) is 0 Å². The van der Waals surface area contributed by atoms with E-state index in [2.05, 4.69) is 5.32 Å². The number of amides is 2. The van der Waals surface area contributed by atoms with E-state index in [1.165, 1.54) is 0 Å². The fourth-order valence-electron chi connectivity index (χ4n) is 4.29. The number of benzene rings is 2. The third-order valence-electron chi connectivity index (χ3n) is 6.59. The van der Waals surface area contributed by atoms with Crippen molar-refractivity contribution in [3.63, 3.8) is 0 Å². The minimum absolute atomic E-state index is 0.0466. The van der Waals surface area contributed by atoms with Crippen LogP contribution >= 0.6 is 0 Å². The lowest BCUT2D eigenvalue weighted by Crippen LogP contribution is -2.42. The van der Waals surface area contributed by atoms with Crippen LogP contribution in [0.15, 0.2) is 54.6 Å². The van der Waals surface area contributed by atoms with Crippen molar-refractivity contribution >= 4 is 11.8 Å². The molecule has 0 radical (unpaired) electrons. The lowest BCUT2D eigenvalue weighted by molar-refractivity contribution is -0.194. The number of hydrogen-bond acceptors (Lipinski definition) is 3. The Hall–Kier alpha value is -2.87. The zero-order valence-electron chi connectivity index (χ0n) is 18.9. The number of hydrogen-bond donors (Lipinski definition) is 2. The minimum Gasteiger partial charge on any atom is -0.366 e. The van der Waals surface area contributed by atoms with E-state index in [1.54, 1.807) is 42.5 Å². The van der Waals surface area contributed by atoms with Gasteiger partial charge in [0, 0.05) is 30.5 Å². The highest BCUT2D eigenvalue weighted by Crippen LogP contribution is 2.66. The van der Waals surface area contributed by atoms with Crippen LogP contribution in [0.1, 0.15) is 46.7 Å². The maximum absolute atomic E-state index is 13.9. The number of carbonyl (C=O) groups excluding carboxylic acids is 2. The van der Waals surface area contributed by atoms with E-state index in [0.29, 0.717) is 24.1 Å². The Balaban J connectivity index is 1.66. The van der Waals surface area contributed by atoms with E-state index < -0.39 is 29.3 Å². The molecular weight excluding hydrogens is 431 g/mol. The largest absolute Gasteiger partial charge is 0.395 e. The molecule has 2 atom stereocenters. The first-order valence-corrected chi connectivity index (χ1v) is 11.0. The average Bonchev–Trinajstić information content (AvgIpc) is 3.57. The third kappa shape index (κ3) is 5.93. The van der Waals surface area contributed by atoms with Gasteiger partial charge in [0.25, 0.3) is 0 Å². The first kappa shape index (κ1) is 24.8. The van der Waals surface area contributed by atoms with E-state index in [0.717, 1.165) is 5.56 Å². The number of alkyl halides is 3. The number of rotatable bonds is 10. The van der Waals surface area contributed by atoms with Gasteiger partial charge < -0.3 is 16.0 Å². The van der Waals surface area contributed by atoms with Gasteiger partial charge in [-0.3, -0.25) is 9.59 Å². The summed E-state index contributed by atoms with van der Waals surface area (Å²) in [6, 6.07) is 15.4. The Labute approximate surface area is 192 Å². The average molecular weight is 462 g/mol. The third-order valence-corrected chi connectivity index (χ3v) is 6.59. The van der Waals surface area contributed by atoms with Gasteiger partial charge in [-0.1, -0.05) is 42.5 Å². The van der Waals surface area contributed by atoms with Crippen molar-refractivity contribution < 1.29 is 22.8 Å². The topological polar surface area (TPSA) is 75.4 Å². The molecule has 1 saturated carbocycles. The molecule has 8 heteroatoms. The maximum Gasteiger partial charge on any atom is 0.395 e. The summed E-state index contributed by atoms with van der Waals surface area (Å²) >= 11 is 0. The summed E-state index contributed by atoms with van der Waals surface area (Å²) < 4.78 is 41.6. The summed E-state index contributed by atoms with van der Waals surface area (Å²) in [7, 11) is 3.76. The number of primary amides is 1. The molecule has 1 fully saturated rings. The predicted molar refractivity (Wildman–Crippen MR) is 121 cm³/mol. The molecule has 3 N–H and O–H groups in total. The van der Waals surface area contributed by atoms with Crippen molar-refractivity contribution in [2.24, 2.45) is 11.1 Å². The lowest BCUT2D eigenvalue weighted by Gasteiger charge is -2.30. The maximum atomic E-state index is 13.9. The van der Waals surface area contributed by atoms with E-state index in [1.807, 2.05) is 31.1 Å². The highest BCUT2D eigenvalue weighted by atomic mass is 19.4. The molecule has 2 unspecified atom stereocenters. The number of carbonyl (C=O) groups is 2. The van der Waals surface area contributed by atoms with Crippen LogP contribution in [0.4, 0.5) is 13.2 Å². The molecule has 3 rings (SSSR count). The second-order valence-corrected chi connectivity index (χ2v) is 9.01. The summed E-state index contributed by atoms with van der Waals surface area (Å²) in [6.45, 7) is 0.296. The van der Waals surface area contributed by atoms with Crippen molar-refractivity contribution in [3.8, 4) is 0 Å². The Kier molecular flexibility index (Phi) is 7.47. The molecule has 33 heavy (non-hydrogen) atoms. The lowest BCUT2D eigenvalue weighted by atomic mass is 9.80. The summed E-state index contributed by atoms with van der Waals surface area (Å²) in [5.41, 5.74) is 5.37. The Morgan fingerprint density at radius 1 is 1.06 bits per heavy atom. The summed E-state index contributed by atoms with van der Waals surface area (Å²) in [6.07, 6.45) is -3.87. The number of nitrogens with zero attached hydrogens (tertiary/aromatic N) is 1. The Bertz CT molecular complexity index is 955. The molecule has 0 aromatic heterocycles. The van der Waals surface area contributed by atoms with Crippen LogP contribution in [0, 0.1) is 5.41 Å². The smallest absolute Gasteiger partial charge is 0.366 e. The van der Waals surface area contributed by atoms with Gasteiger partial charge in [0.2, 0.25) is 11.8 Å². The van der Waals surface area contributed by atoms with Gasteiger partial charge >= 0.3 is 6.18 Å². The van der Waals surface area contributed by atoms with E-state index in [9.17, 15) is 22.8 Å². The van der Waals surface area contributed by atoms with E-state index in [-0.39, 0.29) is 25.3 Å². The standard InChI is InChI=1S/C25H30F3N3O2/c1-31(2)20(14-17-8-10-19(11-9-17)23(29)33)16-30-22(32)15-21(18-6-4-3-5-7-18)24(12-13-24)25(26,27)28/h3-11,20-21H,12-16H2,1-2H3,(H2,29,33)(H,30,32). The van der Waals surface area contributed by atoms with Crippen LogP contribution in [0.3, 0.4) is 0 Å². The van der Waals surface area contributed by atoms with Gasteiger partial charge in [-0.15, -0.1) is 0 Å². The second-order valence-electron chi connectivity index (χ2n) is 9.01. The summed E-state index contributed by atoms with van der Waals surface area (Å²) in [5.74, 6) is -1.80. The monoisotopic (exact) mass is 461 g/mol. The molecule has 0 spiro atoms.